The van der Waals surface area contributed by atoms with Crippen molar-refractivity contribution in [3.8, 4) is 0 Å². The average Bonchev–Trinajstić information content (AvgIpc) is 2.71. The van der Waals surface area contributed by atoms with Gasteiger partial charge in [-0.25, -0.2) is 0 Å². The number of esters is 4. The van der Waals surface area contributed by atoms with Gasteiger partial charge in [0.2, 0.25) is 0 Å². The highest BCUT2D eigenvalue weighted by Gasteiger charge is 2.52. The first-order valence-corrected chi connectivity index (χ1v) is 12.3. The first kappa shape index (κ1) is 29.3. The largest absolute Gasteiger partial charge is 0.463 e. The van der Waals surface area contributed by atoms with Crippen LogP contribution in [-0.2, 0) is 47.6 Å². The predicted octanol–water partition coefficient (Wildman–Crippen LogP) is 2.82. The van der Waals surface area contributed by atoms with Gasteiger partial charge in [-0.05, 0) is 12.8 Å². The number of carbonyl (C=O) groups excluding carboxylic acids is 4. The Morgan fingerprint density at radius 1 is 0.697 bits per heavy atom. The van der Waals surface area contributed by atoms with E-state index in [9.17, 15) is 19.2 Å². The summed E-state index contributed by atoms with van der Waals surface area (Å²) in [5.74, 6) is -2.57. The number of rotatable bonds is 14. The van der Waals surface area contributed by atoms with E-state index >= 15 is 0 Å². The fourth-order valence-corrected chi connectivity index (χ4v) is 3.82. The molecule has 33 heavy (non-hydrogen) atoms. The molecule has 1 fully saturated rings. The van der Waals surface area contributed by atoms with Crippen LogP contribution in [0.25, 0.3) is 0 Å². The van der Waals surface area contributed by atoms with Crippen LogP contribution in [0.4, 0.5) is 0 Å². The number of carbonyl (C=O) groups is 4. The summed E-state index contributed by atoms with van der Waals surface area (Å²) in [6.07, 6.45) is 0.523. The molecule has 11 heteroatoms. The summed E-state index contributed by atoms with van der Waals surface area (Å²) in [5.41, 5.74) is 0. The van der Waals surface area contributed by atoms with Gasteiger partial charge in [-0.2, -0.15) is 0 Å². The predicted molar refractivity (Wildman–Crippen MR) is 119 cm³/mol. The van der Waals surface area contributed by atoms with Crippen molar-refractivity contribution in [1.29, 1.82) is 0 Å². The van der Waals surface area contributed by atoms with Crippen molar-refractivity contribution >= 4 is 39.8 Å². The lowest BCUT2D eigenvalue weighted by atomic mass is 9.98. The Morgan fingerprint density at radius 3 is 1.76 bits per heavy atom. The van der Waals surface area contributed by atoms with Gasteiger partial charge in [0.1, 0.15) is 12.7 Å². The van der Waals surface area contributed by atoms with Crippen LogP contribution in [-0.4, -0.2) is 73.1 Å². The minimum absolute atomic E-state index is 0.273. The second kappa shape index (κ2) is 16.0. The zero-order chi connectivity index (χ0) is 24.8. The molecule has 0 aromatic rings. The third-order valence-corrected chi connectivity index (χ3v) is 5.32. The van der Waals surface area contributed by atoms with Gasteiger partial charge in [-0.3, -0.25) is 19.2 Å². The van der Waals surface area contributed by atoms with Crippen LogP contribution in [0.2, 0.25) is 0 Å². The molecule has 1 aliphatic rings. The molecule has 5 atom stereocenters. The molecule has 0 amide bonds. The van der Waals surface area contributed by atoms with Crippen molar-refractivity contribution in [3.05, 3.63) is 0 Å². The summed E-state index contributed by atoms with van der Waals surface area (Å²) >= 11 is 3.41. The summed E-state index contributed by atoms with van der Waals surface area (Å²) in [6.45, 7) is 4.81. The molecule has 0 N–H and O–H groups in total. The van der Waals surface area contributed by atoms with E-state index in [0.29, 0.717) is 6.61 Å². The van der Waals surface area contributed by atoms with Crippen LogP contribution in [0.1, 0.15) is 66.2 Å². The van der Waals surface area contributed by atoms with Gasteiger partial charge in [-0.15, -0.1) is 0 Å². The first-order chi connectivity index (χ1) is 15.6. The van der Waals surface area contributed by atoms with E-state index in [4.69, 9.17) is 28.4 Å². The van der Waals surface area contributed by atoms with Gasteiger partial charge in [0.05, 0.1) is 0 Å². The molecular formula is C22H35BrO10. The lowest BCUT2D eigenvalue weighted by Gasteiger charge is -2.44. The number of ether oxygens (including phenoxy) is 6. The molecule has 0 unspecified atom stereocenters. The second-order valence-corrected chi connectivity index (χ2v) is 8.54. The fraction of sp³-hybridized carbons (Fsp3) is 0.818. The van der Waals surface area contributed by atoms with Gasteiger partial charge in [0.25, 0.3) is 0 Å². The maximum Gasteiger partial charge on any atom is 0.303 e. The average molecular weight is 539 g/mol. The highest BCUT2D eigenvalue weighted by Crippen LogP contribution is 2.30. The lowest BCUT2D eigenvalue weighted by molar-refractivity contribution is -0.308. The maximum absolute atomic E-state index is 11.8. The highest BCUT2D eigenvalue weighted by atomic mass is 79.9. The number of hydrogen-bond acceptors (Lipinski definition) is 10. The molecule has 1 aliphatic heterocycles. The topological polar surface area (TPSA) is 124 Å². The standard InChI is InChI=1S/C22H35BrO10/c1-14(24)29-13-18-19(30-15(2)25)20(31-16(3)26)21(32-17(4)27)22(33-18)28-12-10-8-6-5-7-9-11-23/h18-22H,5-13H2,1-4H3/t18-,19+,20+,21-,22-/m1/s1. The molecule has 0 aliphatic carbocycles. The van der Waals surface area contributed by atoms with Crippen LogP contribution >= 0.6 is 15.9 Å². The smallest absolute Gasteiger partial charge is 0.303 e. The monoisotopic (exact) mass is 538 g/mol. The van der Waals surface area contributed by atoms with Gasteiger partial charge in [0, 0.05) is 39.6 Å². The van der Waals surface area contributed by atoms with Crippen LogP contribution in [0, 0.1) is 0 Å². The first-order valence-electron chi connectivity index (χ1n) is 11.1. The zero-order valence-electron chi connectivity index (χ0n) is 19.7. The Kier molecular flexibility index (Phi) is 14.2. The van der Waals surface area contributed by atoms with Crippen LogP contribution in [0.3, 0.4) is 0 Å². The molecule has 190 valence electrons. The Labute approximate surface area is 203 Å². The van der Waals surface area contributed by atoms with Gasteiger partial charge in [-0.1, -0.05) is 41.6 Å². The molecule has 0 saturated carbocycles. The third-order valence-electron chi connectivity index (χ3n) is 4.76. The lowest BCUT2D eigenvalue weighted by Crippen LogP contribution is -2.63. The van der Waals surface area contributed by atoms with E-state index in [-0.39, 0.29) is 6.61 Å². The Morgan fingerprint density at radius 2 is 1.21 bits per heavy atom. The highest BCUT2D eigenvalue weighted by molar-refractivity contribution is 9.09. The Hall–Kier alpha value is -1.72. The zero-order valence-corrected chi connectivity index (χ0v) is 21.3. The normalized spacial score (nSPS) is 24.6. The summed E-state index contributed by atoms with van der Waals surface area (Å²) < 4.78 is 32.8. The van der Waals surface area contributed by atoms with E-state index in [2.05, 4.69) is 15.9 Å². The van der Waals surface area contributed by atoms with Crippen molar-refractivity contribution in [2.75, 3.05) is 18.5 Å². The van der Waals surface area contributed by atoms with Crippen molar-refractivity contribution in [2.24, 2.45) is 0 Å². The molecule has 1 heterocycles. The van der Waals surface area contributed by atoms with Crippen LogP contribution in [0.5, 0.6) is 0 Å². The van der Waals surface area contributed by atoms with E-state index in [1.807, 2.05) is 0 Å². The summed E-state index contributed by atoms with van der Waals surface area (Å²) in [7, 11) is 0. The van der Waals surface area contributed by atoms with Gasteiger partial charge >= 0.3 is 23.9 Å². The summed E-state index contributed by atoms with van der Waals surface area (Å²) in [6, 6.07) is 0. The quantitative estimate of drug-likeness (QED) is 0.141. The van der Waals surface area contributed by atoms with E-state index in [1.54, 1.807) is 0 Å². The van der Waals surface area contributed by atoms with Crippen LogP contribution in [0.15, 0.2) is 0 Å². The van der Waals surface area contributed by atoms with E-state index in [0.717, 1.165) is 43.9 Å². The van der Waals surface area contributed by atoms with Gasteiger partial charge < -0.3 is 28.4 Å². The minimum atomic E-state index is -1.21. The molecule has 0 bridgehead atoms. The molecule has 0 aromatic heterocycles. The SMILES string of the molecule is CC(=O)OC[C@H]1O[C@@H](OCCCCCCCCBr)[C@H](OC(C)=O)[C@@H](OC(C)=O)[C@H]1OC(C)=O. The fourth-order valence-electron chi connectivity index (χ4n) is 3.43. The van der Waals surface area contributed by atoms with E-state index in [1.165, 1.54) is 27.7 Å². The number of alkyl halides is 1. The molecule has 0 radical (unpaired) electrons. The van der Waals surface area contributed by atoms with Crippen molar-refractivity contribution < 1.29 is 47.6 Å². The molecule has 1 saturated heterocycles. The van der Waals surface area contributed by atoms with Crippen LogP contribution < -0.4 is 0 Å². The Bertz CT molecular complexity index is 641. The second-order valence-electron chi connectivity index (χ2n) is 7.75. The third kappa shape index (κ3) is 11.8. The Balaban J connectivity index is 2.95. The number of halogens is 1. The summed E-state index contributed by atoms with van der Waals surface area (Å²) in [4.78, 5) is 46.6. The van der Waals surface area contributed by atoms with Crippen molar-refractivity contribution in [1.82, 2.24) is 0 Å². The van der Waals surface area contributed by atoms with Crippen molar-refractivity contribution in [2.45, 2.75) is 96.9 Å². The number of hydrogen-bond donors (Lipinski definition) is 0. The van der Waals surface area contributed by atoms with Gasteiger partial charge in [0.15, 0.2) is 24.6 Å². The van der Waals surface area contributed by atoms with E-state index < -0.39 is 54.6 Å². The minimum Gasteiger partial charge on any atom is -0.463 e. The molecule has 1 rings (SSSR count). The summed E-state index contributed by atoms with van der Waals surface area (Å²) in [5, 5.41) is 0.999. The molecule has 10 nitrogen and oxygen atoms in total. The number of unbranched alkanes of at least 4 members (excludes halogenated alkanes) is 5. The van der Waals surface area contributed by atoms with Crippen molar-refractivity contribution in [3.63, 3.8) is 0 Å². The maximum atomic E-state index is 11.8. The molecule has 0 spiro atoms. The molecular weight excluding hydrogens is 504 g/mol. The molecule has 0 aromatic carbocycles.